The Labute approximate surface area is 186 Å². The van der Waals surface area contributed by atoms with Crippen molar-refractivity contribution >= 4 is 170 Å². The van der Waals surface area contributed by atoms with Crippen LogP contribution in [0.5, 0.6) is 0 Å². The second-order valence-corrected chi connectivity index (χ2v) is 8.67. The molecule has 0 aromatic rings. The van der Waals surface area contributed by atoms with Gasteiger partial charge in [0.1, 0.15) is 27.9 Å². The average Bonchev–Trinajstić information content (AvgIpc) is 2.66. The molecular formula is H29B24N3. The Bertz CT molecular complexity index is 244. The zero-order valence-corrected chi connectivity index (χ0v) is 19.0. The third kappa shape index (κ3) is 23.6. The molecule has 5 N–H and O–H groups in total. The Balaban J connectivity index is 3.14. The van der Waals surface area contributed by atoms with Gasteiger partial charge in [0.25, 0.3) is 0 Å². The quantitative estimate of drug-likeness (QED) is 0.136. The predicted octanol–water partition coefficient (Wildman–Crippen LogP) is -17.2. The molecule has 27 heavy (non-hydrogen) atoms. The zero-order chi connectivity index (χ0) is 20.0. The van der Waals surface area contributed by atoms with E-state index in [1.807, 2.05) is 0 Å². The van der Waals surface area contributed by atoms with Crippen molar-refractivity contribution in [2.75, 3.05) is 0 Å². The van der Waals surface area contributed by atoms with Crippen LogP contribution in [0.2, 0.25) is 0 Å². The highest BCUT2D eigenvalue weighted by molar-refractivity contribution is 7.75. The molecule has 0 aromatic carbocycles. The van der Waals surface area contributed by atoms with Crippen LogP contribution >= 0.6 is 0 Å². The van der Waals surface area contributed by atoms with E-state index in [1.54, 1.807) is 0 Å². The maximum atomic E-state index is 6.17. The topological polar surface area (TPSA) is 64.1 Å². The second kappa shape index (κ2) is 23.7. The summed E-state index contributed by atoms with van der Waals surface area (Å²) in [5.74, 6) is 0. The van der Waals surface area contributed by atoms with Crippen molar-refractivity contribution in [3.8, 4) is 0 Å². The van der Waals surface area contributed by atoms with Crippen LogP contribution in [0.4, 0.5) is 0 Å². The van der Waals surface area contributed by atoms with Gasteiger partial charge < -0.3 is 16.4 Å². The first-order chi connectivity index (χ1) is 13.2. The van der Waals surface area contributed by atoms with Crippen molar-refractivity contribution in [1.82, 2.24) is 5.14 Å². The fourth-order valence-electron chi connectivity index (χ4n) is 3.75. The van der Waals surface area contributed by atoms with E-state index < -0.39 is 0 Å². The summed E-state index contributed by atoms with van der Waals surface area (Å²) in [6.45, 7) is 0.890. The van der Waals surface area contributed by atoms with Crippen LogP contribution in [-0.2, 0) is 0 Å². The van der Waals surface area contributed by atoms with Crippen LogP contribution in [0.25, 0.3) is 0 Å². The third-order valence-corrected chi connectivity index (χ3v) is 5.71. The highest BCUT2D eigenvalue weighted by Gasteiger charge is 2.12. The van der Waals surface area contributed by atoms with Crippen molar-refractivity contribution in [3.05, 3.63) is 0 Å². The molecule has 3 nitrogen and oxygen atoms in total. The standard InChI is InChI=1S/B24H29N3/c1-3-5-11-17-23(25)19-13-7-9-15-21-27-22-16-10-8-14-20-24(26)18-12-6-4-2/h3-22,27H,1-2,25-26H2. The van der Waals surface area contributed by atoms with E-state index >= 15 is 0 Å². The minimum atomic E-state index is 0.445. The van der Waals surface area contributed by atoms with E-state index in [-0.39, 0.29) is 0 Å². The maximum Gasteiger partial charge on any atom is 0.140 e. The lowest BCUT2D eigenvalue weighted by atomic mass is 8.83. The van der Waals surface area contributed by atoms with Crippen LogP contribution in [-0.4, -0.2) is 170 Å². The lowest BCUT2D eigenvalue weighted by Gasteiger charge is -2.03. The summed E-state index contributed by atoms with van der Waals surface area (Å²) in [5, 5.41) is 3.60. The molecule has 0 aromatic heterocycles. The van der Waals surface area contributed by atoms with Crippen molar-refractivity contribution in [1.29, 1.82) is 0 Å². The van der Waals surface area contributed by atoms with Crippen LogP contribution in [0.15, 0.2) is 0 Å². The lowest BCUT2D eigenvalue weighted by Crippen LogP contribution is -2.49. The molecule has 0 aliphatic heterocycles. The van der Waals surface area contributed by atoms with Gasteiger partial charge in [-0.1, -0.05) is 0 Å². The normalized spacial score (nSPS) is 8.07. The van der Waals surface area contributed by atoms with Gasteiger partial charge in [0.15, 0.2) is 0 Å². The molecule has 0 unspecified atom stereocenters. The molecule has 0 rings (SSSR count). The van der Waals surface area contributed by atoms with Gasteiger partial charge in [-0.25, -0.2) is 0 Å². The molecule has 0 fully saturated rings. The number of hydrogen-bond donors (Lipinski definition) is 3. The largest absolute Gasteiger partial charge is 0.417 e. The molecular weight excluding hydrogens is 302 g/mol. The molecule has 0 spiro atoms. The average molecular weight is 331 g/mol. The monoisotopic (exact) mass is 335 g/mol. The lowest BCUT2D eigenvalue weighted by molar-refractivity contribution is 1.65. The van der Waals surface area contributed by atoms with Crippen molar-refractivity contribution in [2.24, 2.45) is 11.3 Å². The van der Waals surface area contributed by atoms with Gasteiger partial charge in [0.05, 0.1) is 57.8 Å². The molecule has 0 amide bonds. The predicted molar refractivity (Wildman–Crippen MR) is 183 cm³/mol. The van der Waals surface area contributed by atoms with Gasteiger partial charge in [-0.2, -0.15) is 0 Å². The molecule has 0 aliphatic carbocycles. The second-order valence-electron chi connectivity index (χ2n) is 8.67. The van der Waals surface area contributed by atoms with Gasteiger partial charge in [0.2, 0.25) is 0 Å². The summed E-state index contributed by atoms with van der Waals surface area (Å²) in [6, 6.07) is 0. The minimum Gasteiger partial charge on any atom is -0.417 e. The van der Waals surface area contributed by atoms with Crippen molar-refractivity contribution in [2.45, 2.75) is 0 Å². The van der Waals surface area contributed by atoms with E-state index in [4.69, 9.17) is 11.3 Å². The smallest absolute Gasteiger partial charge is 0.140 e. The Morgan fingerprint density at radius 2 is 0.815 bits per heavy atom. The molecule has 0 atom stereocenters. The SMILES string of the molecule is BBBBBB(N)BBBBBBNBBBBBBB(N)BBBBB. The number of nitrogens with two attached hydrogens (primary N) is 2. The van der Waals surface area contributed by atoms with Gasteiger partial charge in [-0.15, -0.1) is 0 Å². The third-order valence-electron chi connectivity index (χ3n) is 5.71. The maximum absolute atomic E-state index is 6.17. The summed E-state index contributed by atoms with van der Waals surface area (Å²) in [6.07, 6.45) is 0. The van der Waals surface area contributed by atoms with Crippen molar-refractivity contribution < 1.29 is 0 Å². The van der Waals surface area contributed by atoms with Crippen LogP contribution in [0.3, 0.4) is 0 Å². The highest BCUT2D eigenvalue weighted by Crippen LogP contribution is 1.66. The van der Waals surface area contributed by atoms with Crippen molar-refractivity contribution in [3.63, 3.8) is 0 Å². The molecule has 27 heteroatoms. The fourth-order valence-corrected chi connectivity index (χ4v) is 3.75. The van der Waals surface area contributed by atoms with Crippen LogP contribution < -0.4 is 16.4 Å². The van der Waals surface area contributed by atoms with Gasteiger partial charge in [0, 0.05) is 84.7 Å². The Morgan fingerprint density at radius 1 is 0.481 bits per heavy atom. The number of nitrogens with one attached hydrogen (secondary N) is 1. The zero-order valence-electron chi connectivity index (χ0n) is 19.0. The van der Waals surface area contributed by atoms with E-state index in [2.05, 4.69) is 20.6 Å². The summed E-state index contributed by atoms with van der Waals surface area (Å²) < 4.78 is 0. The van der Waals surface area contributed by atoms with Gasteiger partial charge >= 0.3 is 0 Å². The van der Waals surface area contributed by atoms with E-state index in [0.29, 0.717) is 13.3 Å². The molecule has 0 heterocycles. The Morgan fingerprint density at radius 3 is 1.19 bits per heavy atom. The molecule has 116 valence electrons. The van der Waals surface area contributed by atoms with E-state index in [9.17, 15) is 0 Å². The minimum absolute atomic E-state index is 0.445. The number of hydrogen-bond acceptors (Lipinski definition) is 3. The Kier molecular flexibility index (Phi) is 25.0. The fraction of sp³-hybridized carbons (Fsp3) is 0. The highest BCUT2D eigenvalue weighted by atomic mass is 14.6. The van der Waals surface area contributed by atoms with Crippen LogP contribution in [0, 0.1) is 0 Å². The molecule has 0 aliphatic rings. The van der Waals surface area contributed by atoms with Gasteiger partial charge in [-0.05, 0) is 0 Å². The molecule has 0 radical (unpaired) electrons. The summed E-state index contributed by atoms with van der Waals surface area (Å²) in [5.41, 5.74) is 12.3. The first kappa shape index (κ1) is 28.4. The summed E-state index contributed by atoms with van der Waals surface area (Å²) in [7, 11) is 30.3. The first-order valence-electron chi connectivity index (χ1n) is 12.4. The Hall–Kier alpha value is 1.44. The van der Waals surface area contributed by atoms with E-state index in [1.165, 1.54) is 142 Å². The summed E-state index contributed by atoms with van der Waals surface area (Å²) in [4.78, 5) is 0. The number of rotatable bonds is 22. The summed E-state index contributed by atoms with van der Waals surface area (Å²) >= 11 is 0. The molecule has 0 saturated carbocycles. The molecule has 0 saturated heterocycles. The first-order valence-corrected chi connectivity index (χ1v) is 12.4. The molecule has 0 bridgehead atoms. The van der Waals surface area contributed by atoms with Crippen LogP contribution in [0.1, 0.15) is 0 Å². The van der Waals surface area contributed by atoms with Gasteiger partial charge in [-0.3, -0.25) is 0 Å². The van der Waals surface area contributed by atoms with E-state index in [0.717, 1.165) is 0 Å².